The van der Waals surface area contributed by atoms with Gasteiger partial charge in [-0.1, -0.05) is 115 Å². The summed E-state index contributed by atoms with van der Waals surface area (Å²) in [6, 6.07) is 35.5. The minimum Gasteiger partial charge on any atom is -0.301 e. The zero-order valence-corrected chi connectivity index (χ0v) is 16.9. The van der Waals surface area contributed by atoms with Crippen LogP contribution >= 0.6 is 24.3 Å². The highest BCUT2D eigenvalue weighted by Crippen LogP contribution is 2.41. The van der Waals surface area contributed by atoms with Crippen LogP contribution in [0.2, 0.25) is 0 Å². The van der Waals surface area contributed by atoms with E-state index in [1.54, 1.807) is 5.37 Å². The highest BCUT2D eigenvalue weighted by atomic mass is 32.2. The molecule has 1 unspecified atom stereocenters. The molecule has 0 saturated carbocycles. The summed E-state index contributed by atoms with van der Waals surface area (Å²) < 4.78 is 6.25. The van der Waals surface area contributed by atoms with Crippen LogP contribution in [0.5, 0.6) is 0 Å². The maximum Gasteiger partial charge on any atom is 0.126 e. The molecule has 138 valence electrons. The molecule has 0 saturated heterocycles. The van der Waals surface area contributed by atoms with E-state index in [-0.39, 0.29) is 11.4 Å². The zero-order valence-electron chi connectivity index (χ0n) is 15.3. The van der Waals surface area contributed by atoms with Crippen molar-refractivity contribution in [1.82, 2.24) is 0 Å². The van der Waals surface area contributed by atoms with Crippen LogP contribution in [0.4, 0.5) is 0 Å². The van der Waals surface area contributed by atoms with Crippen LogP contribution in [0.25, 0.3) is 10.8 Å². The standard InChI is InChI=1S/C25H20OS2/c27-18-24(20-11-3-1-4-12-20)26-28-25(21-13-5-2-6-14-21)23-17-9-15-19-10-7-8-16-22(19)23/h1-18,24-25H/t24-,25?/m1/s1. The van der Waals surface area contributed by atoms with Crippen molar-refractivity contribution < 1.29 is 4.18 Å². The minimum atomic E-state index is -0.234. The van der Waals surface area contributed by atoms with E-state index in [9.17, 15) is 0 Å². The molecule has 28 heavy (non-hydrogen) atoms. The molecular formula is C25H20OS2. The van der Waals surface area contributed by atoms with Crippen molar-refractivity contribution in [3.63, 3.8) is 0 Å². The van der Waals surface area contributed by atoms with E-state index >= 15 is 0 Å². The molecule has 1 nitrogen and oxygen atoms in total. The average molecular weight is 401 g/mol. The van der Waals surface area contributed by atoms with Crippen molar-refractivity contribution in [3.05, 3.63) is 120 Å². The van der Waals surface area contributed by atoms with Gasteiger partial charge in [-0.05, 0) is 27.5 Å². The summed E-state index contributed by atoms with van der Waals surface area (Å²) in [6.07, 6.45) is -0.234. The fourth-order valence-corrected chi connectivity index (χ4v) is 4.57. The molecule has 0 N–H and O–H groups in total. The fourth-order valence-electron chi connectivity index (χ4n) is 3.31. The van der Waals surface area contributed by atoms with Gasteiger partial charge in [-0.3, -0.25) is 0 Å². The Hall–Kier alpha value is -2.46. The quantitative estimate of drug-likeness (QED) is 0.237. The van der Waals surface area contributed by atoms with Gasteiger partial charge in [-0.15, -0.1) is 0 Å². The van der Waals surface area contributed by atoms with Crippen LogP contribution in [-0.4, -0.2) is 5.37 Å². The van der Waals surface area contributed by atoms with E-state index in [4.69, 9.17) is 16.4 Å². The van der Waals surface area contributed by atoms with Crippen molar-refractivity contribution in [1.29, 1.82) is 0 Å². The number of hydrogen-bond donors (Lipinski definition) is 0. The number of fused-ring (bicyclic) bond motifs is 1. The third-order valence-electron chi connectivity index (χ3n) is 4.72. The average Bonchev–Trinajstić information content (AvgIpc) is 2.78. The van der Waals surface area contributed by atoms with Crippen molar-refractivity contribution in [3.8, 4) is 0 Å². The lowest BCUT2D eigenvalue weighted by atomic mass is 9.98. The predicted octanol–water partition coefficient (Wildman–Crippen LogP) is 7.34. The number of hydrogen-bond acceptors (Lipinski definition) is 3. The molecule has 3 heteroatoms. The summed E-state index contributed by atoms with van der Waals surface area (Å²) in [5.41, 5.74) is 3.51. The Morgan fingerprint density at radius 1 is 0.679 bits per heavy atom. The maximum atomic E-state index is 6.25. The second-order valence-electron chi connectivity index (χ2n) is 6.52. The number of benzene rings is 4. The summed E-state index contributed by atoms with van der Waals surface area (Å²) in [5.74, 6) is 0. The summed E-state index contributed by atoms with van der Waals surface area (Å²) in [7, 11) is 0. The van der Waals surface area contributed by atoms with Gasteiger partial charge in [-0.25, -0.2) is 0 Å². The van der Waals surface area contributed by atoms with Gasteiger partial charge in [-0.2, -0.15) is 0 Å². The molecule has 0 aromatic heterocycles. The number of rotatable bonds is 7. The largest absolute Gasteiger partial charge is 0.301 e. The Kier molecular flexibility index (Phi) is 6.17. The lowest BCUT2D eigenvalue weighted by Crippen LogP contribution is -2.04. The Balaban J connectivity index is 1.70. The van der Waals surface area contributed by atoms with Crippen LogP contribution in [-0.2, 0) is 4.18 Å². The summed E-state index contributed by atoms with van der Waals surface area (Å²) >= 11 is 6.73. The first-order chi connectivity index (χ1) is 13.9. The molecular weight excluding hydrogens is 380 g/mol. The Morgan fingerprint density at radius 3 is 2.00 bits per heavy atom. The Morgan fingerprint density at radius 2 is 1.29 bits per heavy atom. The van der Waals surface area contributed by atoms with Crippen LogP contribution in [0, 0.1) is 0 Å². The SMILES string of the molecule is S=C[C@@H](OSC(c1ccccc1)c1cccc2ccccc12)c1ccccc1. The molecule has 0 bridgehead atoms. The number of thiocarbonyl (C=S) groups is 1. The zero-order chi connectivity index (χ0) is 19.2. The Labute approximate surface area is 175 Å². The smallest absolute Gasteiger partial charge is 0.126 e. The van der Waals surface area contributed by atoms with Gasteiger partial charge in [0.1, 0.15) is 6.10 Å². The summed E-state index contributed by atoms with van der Waals surface area (Å²) in [5, 5.41) is 4.21. The van der Waals surface area contributed by atoms with Gasteiger partial charge in [0, 0.05) is 17.4 Å². The molecule has 0 radical (unpaired) electrons. The minimum absolute atomic E-state index is 0.0495. The van der Waals surface area contributed by atoms with Crippen molar-refractivity contribution >= 4 is 40.4 Å². The van der Waals surface area contributed by atoms with Gasteiger partial charge in [0.15, 0.2) is 0 Å². The fraction of sp³-hybridized carbons (Fsp3) is 0.0800. The highest BCUT2D eigenvalue weighted by molar-refractivity contribution is 7.95. The van der Waals surface area contributed by atoms with Gasteiger partial charge in [0.05, 0.1) is 5.25 Å². The van der Waals surface area contributed by atoms with Crippen molar-refractivity contribution in [2.45, 2.75) is 11.4 Å². The summed E-state index contributed by atoms with van der Waals surface area (Å²) in [4.78, 5) is 0. The normalized spacial score (nSPS) is 13.1. The first-order valence-corrected chi connectivity index (χ1v) is 10.5. The molecule has 4 rings (SSSR count). The molecule has 4 aromatic carbocycles. The lowest BCUT2D eigenvalue weighted by Gasteiger charge is -2.21. The molecule has 0 fully saturated rings. The topological polar surface area (TPSA) is 9.23 Å². The van der Waals surface area contributed by atoms with Gasteiger partial charge >= 0.3 is 0 Å². The Bertz CT molecular complexity index is 1040. The molecule has 0 amide bonds. The second-order valence-corrected chi connectivity index (χ2v) is 7.65. The van der Waals surface area contributed by atoms with Crippen LogP contribution in [0.1, 0.15) is 28.0 Å². The molecule has 0 heterocycles. The molecule has 0 aliphatic rings. The van der Waals surface area contributed by atoms with Gasteiger partial charge in [0.25, 0.3) is 0 Å². The van der Waals surface area contributed by atoms with Gasteiger partial charge in [0.2, 0.25) is 0 Å². The van der Waals surface area contributed by atoms with Crippen LogP contribution in [0.3, 0.4) is 0 Å². The predicted molar refractivity (Wildman–Crippen MR) is 124 cm³/mol. The molecule has 2 atom stereocenters. The third-order valence-corrected chi connectivity index (χ3v) is 6.00. The molecule has 4 aromatic rings. The summed E-state index contributed by atoms with van der Waals surface area (Å²) in [6.45, 7) is 0. The van der Waals surface area contributed by atoms with Crippen molar-refractivity contribution in [2.24, 2.45) is 0 Å². The molecule has 0 aliphatic carbocycles. The van der Waals surface area contributed by atoms with Crippen LogP contribution in [0.15, 0.2) is 103 Å². The highest BCUT2D eigenvalue weighted by Gasteiger charge is 2.20. The van der Waals surface area contributed by atoms with E-state index in [1.165, 1.54) is 33.9 Å². The third kappa shape index (κ3) is 4.17. The van der Waals surface area contributed by atoms with E-state index < -0.39 is 0 Å². The van der Waals surface area contributed by atoms with Crippen molar-refractivity contribution in [2.75, 3.05) is 0 Å². The van der Waals surface area contributed by atoms with E-state index in [0.29, 0.717) is 0 Å². The first kappa shape index (κ1) is 18.9. The van der Waals surface area contributed by atoms with E-state index in [0.717, 1.165) is 5.56 Å². The van der Waals surface area contributed by atoms with E-state index in [2.05, 4.69) is 66.7 Å². The molecule has 0 aliphatic heterocycles. The molecule has 0 spiro atoms. The first-order valence-electron chi connectivity index (χ1n) is 9.22. The monoisotopic (exact) mass is 400 g/mol. The second kappa shape index (κ2) is 9.16. The van der Waals surface area contributed by atoms with Gasteiger partial charge < -0.3 is 4.18 Å². The maximum absolute atomic E-state index is 6.25. The van der Waals surface area contributed by atoms with Crippen LogP contribution < -0.4 is 0 Å². The van der Waals surface area contributed by atoms with E-state index in [1.807, 2.05) is 36.4 Å². The lowest BCUT2D eigenvalue weighted by molar-refractivity contribution is 0.332.